The summed E-state index contributed by atoms with van der Waals surface area (Å²) < 4.78 is 0. The van der Waals surface area contributed by atoms with E-state index in [0.29, 0.717) is 22.7 Å². The minimum absolute atomic E-state index is 0.0219. The lowest BCUT2D eigenvalue weighted by Crippen LogP contribution is -2.32. The van der Waals surface area contributed by atoms with Gasteiger partial charge in [0.05, 0.1) is 22.3 Å². The molecule has 0 saturated carbocycles. The number of rotatable bonds is 4. The first-order chi connectivity index (χ1) is 15.5. The fraction of sp³-hybridized carbons (Fsp3) is 0.192. The average Bonchev–Trinajstić information content (AvgIpc) is 3.30. The smallest absolute Gasteiger partial charge is 0.253 e. The van der Waals surface area contributed by atoms with Crippen LogP contribution in [0.25, 0.3) is 0 Å². The van der Waals surface area contributed by atoms with Crippen LogP contribution >= 0.6 is 23.2 Å². The summed E-state index contributed by atoms with van der Waals surface area (Å²) in [7, 11) is 0. The van der Waals surface area contributed by atoms with Crippen molar-refractivity contribution < 1.29 is 9.90 Å². The number of phenols is 1. The van der Waals surface area contributed by atoms with E-state index in [-0.39, 0.29) is 34.6 Å². The number of allylic oxidation sites excluding steroid dienone is 2. The Bertz CT molecular complexity index is 1210. The van der Waals surface area contributed by atoms with Gasteiger partial charge in [0.25, 0.3) is 5.91 Å². The molecule has 6 heteroatoms. The topological polar surface area (TPSA) is 61.4 Å². The lowest BCUT2D eigenvalue weighted by molar-refractivity contribution is 0.0951. The monoisotopic (exact) mass is 464 g/mol. The molecule has 3 aromatic carbocycles. The lowest BCUT2D eigenvalue weighted by atomic mass is 9.76. The van der Waals surface area contributed by atoms with Crippen LogP contribution in [0, 0.1) is 5.92 Å². The quantitative estimate of drug-likeness (QED) is 0.388. The van der Waals surface area contributed by atoms with E-state index in [1.54, 1.807) is 6.07 Å². The molecule has 0 radical (unpaired) electrons. The molecular formula is C26H22Cl2N2O2. The van der Waals surface area contributed by atoms with Gasteiger partial charge in [-0.05, 0) is 41.7 Å². The maximum absolute atomic E-state index is 13.1. The summed E-state index contributed by atoms with van der Waals surface area (Å²) in [5.41, 5.74) is 4.13. The zero-order valence-electron chi connectivity index (χ0n) is 17.2. The van der Waals surface area contributed by atoms with Gasteiger partial charge in [0.1, 0.15) is 5.75 Å². The fourth-order valence-corrected chi connectivity index (χ4v) is 5.32. The summed E-state index contributed by atoms with van der Waals surface area (Å²) in [4.78, 5) is 13.1. The highest BCUT2D eigenvalue weighted by Gasteiger charge is 2.40. The van der Waals surface area contributed by atoms with Crippen molar-refractivity contribution in [1.29, 1.82) is 0 Å². The highest BCUT2D eigenvalue weighted by molar-refractivity contribution is 6.35. The number of aromatic hydroxyl groups is 1. The van der Waals surface area contributed by atoms with Gasteiger partial charge < -0.3 is 15.7 Å². The Morgan fingerprint density at radius 1 is 1.06 bits per heavy atom. The minimum atomic E-state index is -0.234. The zero-order chi connectivity index (χ0) is 22.2. The summed E-state index contributed by atoms with van der Waals surface area (Å²) in [6, 6.07) is 18.7. The molecule has 5 rings (SSSR count). The number of para-hydroxylation sites is 1. The SMILES string of the molecule is O=C(NCc1ccccc1)c1cccc2c1NC(c1cc(Cl)cc(Cl)c1O)C1CC=CC21. The Balaban J connectivity index is 1.51. The largest absolute Gasteiger partial charge is 0.506 e. The van der Waals surface area contributed by atoms with Crippen molar-refractivity contribution >= 4 is 34.8 Å². The van der Waals surface area contributed by atoms with Crippen molar-refractivity contribution in [2.75, 3.05) is 5.32 Å². The number of phenolic OH excluding ortho intramolecular Hbond substituents is 1. The summed E-state index contributed by atoms with van der Waals surface area (Å²) in [5.74, 6) is 0.195. The lowest BCUT2D eigenvalue weighted by Gasteiger charge is -2.38. The number of amides is 1. The second-order valence-electron chi connectivity index (χ2n) is 8.24. The summed E-state index contributed by atoms with van der Waals surface area (Å²) in [6.45, 7) is 0.448. The molecule has 3 atom stereocenters. The third-order valence-corrected chi connectivity index (χ3v) is 6.84. The van der Waals surface area contributed by atoms with Crippen LogP contribution in [0.4, 0.5) is 5.69 Å². The van der Waals surface area contributed by atoms with Gasteiger partial charge >= 0.3 is 0 Å². The Hall–Kier alpha value is -2.95. The van der Waals surface area contributed by atoms with Gasteiger partial charge in [0.2, 0.25) is 0 Å². The third-order valence-electron chi connectivity index (χ3n) is 6.33. The molecule has 4 nitrogen and oxygen atoms in total. The van der Waals surface area contributed by atoms with Gasteiger partial charge in [-0.25, -0.2) is 0 Å². The molecule has 2 aliphatic rings. The molecule has 1 aliphatic carbocycles. The Morgan fingerprint density at radius 2 is 1.88 bits per heavy atom. The Morgan fingerprint density at radius 3 is 2.69 bits per heavy atom. The molecule has 1 heterocycles. The molecule has 162 valence electrons. The maximum Gasteiger partial charge on any atom is 0.253 e. The van der Waals surface area contributed by atoms with Crippen molar-refractivity contribution in [1.82, 2.24) is 5.32 Å². The van der Waals surface area contributed by atoms with Crippen LogP contribution in [-0.4, -0.2) is 11.0 Å². The molecule has 0 fully saturated rings. The van der Waals surface area contributed by atoms with E-state index in [1.165, 1.54) is 6.07 Å². The third kappa shape index (κ3) is 3.74. The Kier molecular flexibility index (Phi) is 5.58. The standard InChI is InChI=1S/C26H22Cl2N2O2/c27-16-12-21(25(31)22(28)13-16)24-19-9-4-8-17(19)18-10-5-11-20(23(18)30-24)26(32)29-14-15-6-2-1-3-7-15/h1-8,10-13,17,19,24,30-31H,9,14H2,(H,29,32). The number of nitrogens with one attached hydrogen (secondary N) is 2. The fourth-order valence-electron chi connectivity index (χ4n) is 4.81. The molecule has 3 unspecified atom stereocenters. The van der Waals surface area contributed by atoms with Crippen LogP contribution < -0.4 is 10.6 Å². The van der Waals surface area contributed by atoms with Crippen LogP contribution in [-0.2, 0) is 6.54 Å². The first kappa shape index (κ1) is 20.9. The van der Waals surface area contributed by atoms with Crippen molar-refractivity contribution in [3.8, 4) is 5.75 Å². The normalized spacial score (nSPS) is 20.9. The van der Waals surface area contributed by atoms with Gasteiger partial charge in [-0.2, -0.15) is 0 Å². The zero-order valence-corrected chi connectivity index (χ0v) is 18.7. The highest BCUT2D eigenvalue weighted by Crippen LogP contribution is 2.52. The summed E-state index contributed by atoms with van der Waals surface area (Å²) >= 11 is 12.5. The van der Waals surface area contributed by atoms with Crippen LogP contribution in [0.2, 0.25) is 10.0 Å². The molecule has 0 saturated heterocycles. The number of hydrogen-bond donors (Lipinski definition) is 3. The van der Waals surface area contributed by atoms with E-state index in [4.69, 9.17) is 23.2 Å². The molecule has 1 amide bonds. The molecule has 3 N–H and O–H groups in total. The molecule has 3 aromatic rings. The predicted octanol–water partition coefficient (Wildman–Crippen LogP) is 6.46. The van der Waals surface area contributed by atoms with Crippen molar-refractivity contribution in [3.63, 3.8) is 0 Å². The molecule has 0 spiro atoms. The van der Waals surface area contributed by atoms with Crippen LogP contribution in [0.15, 0.2) is 72.8 Å². The van der Waals surface area contributed by atoms with Gasteiger partial charge in [-0.15, -0.1) is 0 Å². The Labute approximate surface area is 196 Å². The number of hydrogen-bond acceptors (Lipinski definition) is 3. The van der Waals surface area contributed by atoms with Crippen LogP contribution in [0.1, 0.15) is 45.4 Å². The van der Waals surface area contributed by atoms with Gasteiger partial charge in [0.15, 0.2) is 0 Å². The van der Waals surface area contributed by atoms with Gasteiger partial charge in [-0.3, -0.25) is 4.79 Å². The summed E-state index contributed by atoms with van der Waals surface area (Å²) in [5, 5.41) is 18.0. The molecule has 1 aliphatic heterocycles. The van der Waals surface area contributed by atoms with E-state index < -0.39 is 0 Å². The number of carbonyl (C=O) groups is 1. The van der Waals surface area contributed by atoms with Crippen molar-refractivity contribution in [2.24, 2.45) is 5.92 Å². The van der Waals surface area contributed by atoms with E-state index in [9.17, 15) is 9.90 Å². The van der Waals surface area contributed by atoms with Crippen molar-refractivity contribution in [3.05, 3.63) is 105 Å². The second kappa shape index (κ2) is 8.53. The van der Waals surface area contributed by atoms with E-state index >= 15 is 0 Å². The first-order valence-electron chi connectivity index (χ1n) is 10.6. The second-order valence-corrected chi connectivity index (χ2v) is 9.08. The number of fused-ring (bicyclic) bond motifs is 3. The molecular weight excluding hydrogens is 443 g/mol. The van der Waals surface area contributed by atoms with E-state index in [0.717, 1.165) is 23.2 Å². The van der Waals surface area contributed by atoms with Crippen LogP contribution in [0.3, 0.4) is 0 Å². The first-order valence-corrected chi connectivity index (χ1v) is 11.3. The molecule has 32 heavy (non-hydrogen) atoms. The number of benzene rings is 3. The van der Waals surface area contributed by atoms with Crippen LogP contribution in [0.5, 0.6) is 5.75 Å². The van der Waals surface area contributed by atoms with Gasteiger partial charge in [-0.1, -0.05) is 77.8 Å². The molecule has 0 aromatic heterocycles. The van der Waals surface area contributed by atoms with Gasteiger partial charge in [0, 0.05) is 23.0 Å². The summed E-state index contributed by atoms with van der Waals surface area (Å²) in [6.07, 6.45) is 5.20. The predicted molar refractivity (Wildman–Crippen MR) is 129 cm³/mol. The maximum atomic E-state index is 13.1. The number of anilines is 1. The minimum Gasteiger partial charge on any atom is -0.506 e. The number of carbonyl (C=O) groups excluding carboxylic acids is 1. The number of halogens is 2. The highest BCUT2D eigenvalue weighted by atomic mass is 35.5. The van der Waals surface area contributed by atoms with Crippen molar-refractivity contribution in [2.45, 2.75) is 24.9 Å². The van der Waals surface area contributed by atoms with E-state index in [2.05, 4.69) is 28.9 Å². The molecule has 0 bridgehead atoms. The van der Waals surface area contributed by atoms with E-state index in [1.807, 2.05) is 42.5 Å². The average molecular weight is 465 g/mol.